The minimum atomic E-state index is -0.328. The molecular formula is C22H18ClFN8. The second kappa shape index (κ2) is 8.01. The van der Waals surface area contributed by atoms with E-state index in [9.17, 15) is 4.39 Å². The fraction of sp³-hybridized carbons (Fsp3) is 0.136. The zero-order valence-electron chi connectivity index (χ0n) is 17.2. The number of hydrogen-bond acceptors (Lipinski definition) is 6. The lowest BCUT2D eigenvalue weighted by Gasteiger charge is -2.24. The maximum absolute atomic E-state index is 14.2. The molecule has 5 rings (SSSR count). The number of rotatable bonds is 5. The summed E-state index contributed by atoms with van der Waals surface area (Å²) in [5.41, 5.74) is 5.26. The Labute approximate surface area is 187 Å². The molecule has 0 aliphatic rings. The zero-order chi connectivity index (χ0) is 22.2. The number of aromatic amines is 1. The van der Waals surface area contributed by atoms with Crippen molar-refractivity contribution < 1.29 is 4.39 Å². The summed E-state index contributed by atoms with van der Waals surface area (Å²) >= 11 is 6.65. The van der Waals surface area contributed by atoms with Gasteiger partial charge in [-0.3, -0.25) is 4.57 Å². The van der Waals surface area contributed by atoms with Crippen molar-refractivity contribution >= 4 is 28.6 Å². The summed E-state index contributed by atoms with van der Waals surface area (Å²) in [6, 6.07) is 8.11. The molecule has 1 atom stereocenters. The molecule has 0 radical (unpaired) electrons. The SMILES string of the molecule is Cc1c(Cl)cc(C(C)Nc2ncnc3[nH]cnc23)c(-c2cccc(F)c2)c1-n1cnnc1. The van der Waals surface area contributed by atoms with Crippen LogP contribution >= 0.6 is 11.6 Å². The van der Waals surface area contributed by atoms with Gasteiger partial charge >= 0.3 is 0 Å². The van der Waals surface area contributed by atoms with Crippen LogP contribution in [-0.2, 0) is 0 Å². The molecule has 2 aromatic carbocycles. The number of benzene rings is 2. The fourth-order valence-corrected chi connectivity index (χ4v) is 4.04. The highest BCUT2D eigenvalue weighted by Gasteiger charge is 2.23. The topological polar surface area (TPSA) is 97.2 Å². The van der Waals surface area contributed by atoms with Crippen LogP contribution in [-0.4, -0.2) is 34.7 Å². The van der Waals surface area contributed by atoms with Crippen LogP contribution in [0.15, 0.2) is 55.6 Å². The molecule has 10 heteroatoms. The van der Waals surface area contributed by atoms with E-state index in [0.29, 0.717) is 27.6 Å². The van der Waals surface area contributed by atoms with E-state index in [-0.39, 0.29) is 11.9 Å². The van der Waals surface area contributed by atoms with E-state index in [2.05, 4.69) is 35.5 Å². The van der Waals surface area contributed by atoms with Crippen molar-refractivity contribution in [1.29, 1.82) is 0 Å². The Morgan fingerprint density at radius 2 is 1.94 bits per heavy atom. The van der Waals surface area contributed by atoms with Gasteiger partial charge in [0.1, 0.15) is 30.3 Å². The molecule has 0 saturated carbocycles. The molecule has 0 bridgehead atoms. The lowest BCUT2D eigenvalue weighted by Crippen LogP contribution is -2.12. The number of anilines is 1. The molecule has 2 N–H and O–H groups in total. The normalized spacial score (nSPS) is 12.2. The molecule has 3 aromatic heterocycles. The largest absolute Gasteiger partial charge is 0.362 e. The summed E-state index contributed by atoms with van der Waals surface area (Å²) in [5.74, 6) is 0.252. The molecule has 8 nitrogen and oxygen atoms in total. The first-order valence-corrected chi connectivity index (χ1v) is 10.2. The van der Waals surface area contributed by atoms with Gasteiger partial charge in [0.05, 0.1) is 18.1 Å². The monoisotopic (exact) mass is 448 g/mol. The van der Waals surface area contributed by atoms with Crippen LogP contribution in [0.25, 0.3) is 28.0 Å². The molecule has 0 amide bonds. The number of halogens is 2. The van der Waals surface area contributed by atoms with Crippen LogP contribution in [0.2, 0.25) is 5.02 Å². The molecule has 0 saturated heterocycles. The number of nitrogens with zero attached hydrogens (tertiary/aromatic N) is 6. The van der Waals surface area contributed by atoms with Crippen LogP contribution in [0, 0.1) is 12.7 Å². The maximum atomic E-state index is 14.2. The summed E-state index contributed by atoms with van der Waals surface area (Å²) in [5, 5.41) is 11.9. The predicted octanol–water partition coefficient (Wildman–Crippen LogP) is 4.87. The van der Waals surface area contributed by atoms with E-state index in [0.717, 1.165) is 22.4 Å². The van der Waals surface area contributed by atoms with E-state index in [1.807, 2.05) is 26.0 Å². The van der Waals surface area contributed by atoms with Crippen LogP contribution in [0.1, 0.15) is 24.1 Å². The van der Waals surface area contributed by atoms with Crippen molar-refractivity contribution in [1.82, 2.24) is 34.7 Å². The Morgan fingerprint density at radius 1 is 1.12 bits per heavy atom. The summed E-state index contributed by atoms with van der Waals surface area (Å²) in [6.45, 7) is 3.90. The Hall–Kier alpha value is -3.85. The first-order chi connectivity index (χ1) is 15.5. The summed E-state index contributed by atoms with van der Waals surface area (Å²) in [4.78, 5) is 15.8. The van der Waals surface area contributed by atoms with E-state index in [4.69, 9.17) is 11.6 Å². The lowest BCUT2D eigenvalue weighted by atomic mass is 9.91. The predicted molar refractivity (Wildman–Crippen MR) is 120 cm³/mol. The van der Waals surface area contributed by atoms with Crippen LogP contribution < -0.4 is 5.32 Å². The third-order valence-electron chi connectivity index (χ3n) is 5.35. The number of hydrogen-bond donors (Lipinski definition) is 2. The molecule has 32 heavy (non-hydrogen) atoms. The van der Waals surface area contributed by atoms with Gasteiger partial charge in [0.25, 0.3) is 0 Å². The first-order valence-electron chi connectivity index (χ1n) is 9.87. The molecule has 1 unspecified atom stereocenters. The van der Waals surface area contributed by atoms with Gasteiger partial charge in [-0.2, -0.15) is 0 Å². The van der Waals surface area contributed by atoms with Gasteiger partial charge in [0, 0.05) is 10.6 Å². The van der Waals surface area contributed by atoms with Crippen LogP contribution in [0.4, 0.5) is 10.2 Å². The second-order valence-electron chi connectivity index (χ2n) is 7.36. The minimum Gasteiger partial charge on any atom is -0.362 e. The standard InChI is InChI=1S/C22H18ClFN8/c1-12-17(23)7-16(13(2)31-22-19-21(26-8-25-19)27-9-28-22)18(14-4-3-5-15(24)6-14)20(12)32-10-29-30-11-32/h3-11,13H,1-2H3,(H2,25,26,27,28,31). The van der Waals surface area contributed by atoms with E-state index < -0.39 is 0 Å². The van der Waals surface area contributed by atoms with Gasteiger partial charge < -0.3 is 10.3 Å². The molecule has 0 spiro atoms. The van der Waals surface area contributed by atoms with Crippen molar-refractivity contribution in [2.24, 2.45) is 0 Å². The Morgan fingerprint density at radius 3 is 2.72 bits per heavy atom. The van der Waals surface area contributed by atoms with Crippen LogP contribution in [0.3, 0.4) is 0 Å². The highest BCUT2D eigenvalue weighted by Crippen LogP contribution is 2.40. The third kappa shape index (κ3) is 3.46. The number of aromatic nitrogens is 7. The maximum Gasteiger partial charge on any atom is 0.162 e. The summed E-state index contributed by atoms with van der Waals surface area (Å²) < 4.78 is 16.0. The number of nitrogens with one attached hydrogen (secondary N) is 2. The average molecular weight is 449 g/mol. The third-order valence-corrected chi connectivity index (χ3v) is 5.74. The van der Waals surface area contributed by atoms with Gasteiger partial charge in [-0.25, -0.2) is 19.3 Å². The van der Waals surface area contributed by atoms with Gasteiger partial charge in [-0.05, 0) is 48.7 Å². The molecule has 0 aliphatic heterocycles. The first kappa shape index (κ1) is 20.1. The van der Waals surface area contributed by atoms with Crippen molar-refractivity contribution in [2.45, 2.75) is 19.9 Å². The molecule has 3 heterocycles. The fourth-order valence-electron chi connectivity index (χ4n) is 3.84. The van der Waals surface area contributed by atoms with Crippen molar-refractivity contribution in [3.05, 3.63) is 77.6 Å². The highest BCUT2D eigenvalue weighted by molar-refractivity contribution is 6.32. The van der Waals surface area contributed by atoms with E-state index >= 15 is 0 Å². The van der Waals surface area contributed by atoms with Crippen LogP contribution in [0.5, 0.6) is 0 Å². The minimum absolute atomic E-state index is 0.253. The molecule has 0 fully saturated rings. The number of imidazole rings is 1. The zero-order valence-corrected chi connectivity index (χ0v) is 18.0. The molecule has 0 aliphatic carbocycles. The van der Waals surface area contributed by atoms with Crippen molar-refractivity contribution in [2.75, 3.05) is 5.32 Å². The Kier molecular flexibility index (Phi) is 5.02. The number of fused-ring (bicyclic) bond motifs is 1. The number of H-pyrrole nitrogens is 1. The Balaban J connectivity index is 1.71. The highest BCUT2D eigenvalue weighted by atomic mass is 35.5. The van der Waals surface area contributed by atoms with Gasteiger partial charge in [-0.1, -0.05) is 23.7 Å². The Bertz CT molecular complexity index is 1410. The lowest BCUT2D eigenvalue weighted by molar-refractivity contribution is 0.628. The molecular weight excluding hydrogens is 431 g/mol. The van der Waals surface area contributed by atoms with E-state index in [1.54, 1.807) is 29.6 Å². The molecule has 5 aromatic rings. The van der Waals surface area contributed by atoms with Crippen molar-refractivity contribution in [3.8, 4) is 16.8 Å². The average Bonchev–Trinajstić information content (AvgIpc) is 3.47. The van der Waals surface area contributed by atoms with Gasteiger partial charge in [0.15, 0.2) is 11.5 Å². The van der Waals surface area contributed by atoms with E-state index in [1.165, 1.54) is 18.5 Å². The smallest absolute Gasteiger partial charge is 0.162 e. The quantitative estimate of drug-likeness (QED) is 0.398. The van der Waals surface area contributed by atoms with Gasteiger partial charge in [0.2, 0.25) is 0 Å². The second-order valence-corrected chi connectivity index (χ2v) is 7.77. The summed E-state index contributed by atoms with van der Waals surface area (Å²) in [7, 11) is 0. The van der Waals surface area contributed by atoms with Crippen molar-refractivity contribution in [3.63, 3.8) is 0 Å². The molecule has 160 valence electrons. The van der Waals surface area contributed by atoms with Gasteiger partial charge in [-0.15, -0.1) is 10.2 Å². The summed E-state index contributed by atoms with van der Waals surface area (Å²) in [6.07, 6.45) is 6.23.